The maximum Gasteiger partial charge on any atom is 0.224 e. The van der Waals surface area contributed by atoms with Gasteiger partial charge in [-0.2, -0.15) is 4.98 Å². The zero-order valence-corrected chi connectivity index (χ0v) is 11.2. The molecule has 4 heteroatoms. The second-order valence-corrected chi connectivity index (χ2v) is 4.48. The van der Waals surface area contributed by atoms with E-state index in [2.05, 4.69) is 9.97 Å². The molecular formula is C16H15N3O. The van der Waals surface area contributed by atoms with E-state index in [1.54, 1.807) is 6.07 Å². The third-order valence-corrected chi connectivity index (χ3v) is 3.05. The van der Waals surface area contributed by atoms with Gasteiger partial charge in [-0.25, -0.2) is 4.98 Å². The summed E-state index contributed by atoms with van der Waals surface area (Å²) < 4.78 is 5.88. The van der Waals surface area contributed by atoms with Crippen LogP contribution in [0.15, 0.2) is 48.5 Å². The van der Waals surface area contributed by atoms with E-state index in [0.717, 1.165) is 22.9 Å². The number of aryl methyl sites for hydroxylation is 1. The molecule has 0 radical (unpaired) electrons. The van der Waals surface area contributed by atoms with Crippen LogP contribution < -0.4 is 10.5 Å². The lowest BCUT2D eigenvalue weighted by Gasteiger charge is -2.09. The first kappa shape index (κ1) is 12.4. The molecule has 0 atom stereocenters. The predicted molar refractivity (Wildman–Crippen MR) is 79.8 cm³/mol. The molecule has 0 unspecified atom stereocenters. The molecule has 3 aromatic rings. The Morgan fingerprint density at radius 3 is 2.70 bits per heavy atom. The highest BCUT2D eigenvalue weighted by molar-refractivity contribution is 5.88. The molecule has 1 aromatic heterocycles. The Morgan fingerprint density at radius 1 is 1.05 bits per heavy atom. The summed E-state index contributed by atoms with van der Waals surface area (Å²) in [5.41, 5.74) is 5.77. The fraction of sp³-hybridized carbons (Fsp3) is 0.125. The van der Waals surface area contributed by atoms with Crippen LogP contribution in [-0.2, 0) is 6.42 Å². The maximum absolute atomic E-state index is 5.88. The normalized spacial score (nSPS) is 10.7. The van der Waals surface area contributed by atoms with E-state index >= 15 is 0 Å². The molecule has 0 aliphatic rings. The van der Waals surface area contributed by atoms with Gasteiger partial charge in [0.25, 0.3) is 0 Å². The number of ether oxygens (including phenoxy) is 1. The van der Waals surface area contributed by atoms with E-state index in [9.17, 15) is 0 Å². The van der Waals surface area contributed by atoms with E-state index in [1.165, 1.54) is 0 Å². The number of fused-ring (bicyclic) bond motifs is 1. The molecule has 4 nitrogen and oxygen atoms in total. The predicted octanol–water partition coefficient (Wildman–Crippen LogP) is 3.57. The minimum absolute atomic E-state index is 0.423. The fourth-order valence-corrected chi connectivity index (χ4v) is 2.10. The van der Waals surface area contributed by atoms with Crippen molar-refractivity contribution in [1.29, 1.82) is 0 Å². The average Bonchev–Trinajstić information content (AvgIpc) is 2.47. The second-order valence-electron chi connectivity index (χ2n) is 4.48. The van der Waals surface area contributed by atoms with Gasteiger partial charge in [-0.05, 0) is 11.5 Å². The average molecular weight is 265 g/mol. The molecule has 0 amide bonds. The van der Waals surface area contributed by atoms with Crippen LogP contribution in [0.25, 0.3) is 10.8 Å². The van der Waals surface area contributed by atoms with Gasteiger partial charge >= 0.3 is 0 Å². The van der Waals surface area contributed by atoms with Gasteiger partial charge in [0.1, 0.15) is 17.4 Å². The van der Waals surface area contributed by atoms with Crippen LogP contribution in [0, 0.1) is 0 Å². The van der Waals surface area contributed by atoms with Crippen molar-refractivity contribution in [1.82, 2.24) is 9.97 Å². The topological polar surface area (TPSA) is 61.0 Å². The number of nitrogen functional groups attached to an aromatic ring is 1. The van der Waals surface area contributed by atoms with Gasteiger partial charge in [-0.3, -0.25) is 0 Å². The molecule has 2 N–H and O–H groups in total. The molecule has 0 aliphatic carbocycles. The van der Waals surface area contributed by atoms with Crippen molar-refractivity contribution in [2.75, 3.05) is 5.73 Å². The Hall–Kier alpha value is -2.62. The summed E-state index contributed by atoms with van der Waals surface area (Å²) >= 11 is 0. The van der Waals surface area contributed by atoms with E-state index in [-0.39, 0.29) is 0 Å². The van der Waals surface area contributed by atoms with Crippen LogP contribution in [0.5, 0.6) is 11.6 Å². The number of anilines is 1. The molecule has 3 rings (SSSR count). The summed E-state index contributed by atoms with van der Waals surface area (Å²) in [6, 6.07) is 15.6. The molecule has 100 valence electrons. The third-order valence-electron chi connectivity index (χ3n) is 3.05. The lowest BCUT2D eigenvalue weighted by molar-refractivity contribution is 0.464. The number of benzene rings is 2. The summed E-state index contributed by atoms with van der Waals surface area (Å²) in [7, 11) is 0. The third kappa shape index (κ3) is 2.40. The zero-order valence-electron chi connectivity index (χ0n) is 11.2. The van der Waals surface area contributed by atoms with Gasteiger partial charge in [-0.15, -0.1) is 0 Å². The molecule has 1 heterocycles. The summed E-state index contributed by atoms with van der Waals surface area (Å²) in [6.07, 6.45) is 0.719. The van der Waals surface area contributed by atoms with Crippen LogP contribution >= 0.6 is 0 Å². The van der Waals surface area contributed by atoms with Crippen LogP contribution in [0.4, 0.5) is 5.82 Å². The van der Waals surface area contributed by atoms with Crippen molar-refractivity contribution in [2.24, 2.45) is 0 Å². The fourth-order valence-electron chi connectivity index (χ4n) is 2.10. The molecule has 20 heavy (non-hydrogen) atoms. The van der Waals surface area contributed by atoms with E-state index in [0.29, 0.717) is 17.5 Å². The van der Waals surface area contributed by atoms with Crippen LogP contribution in [0.1, 0.15) is 12.7 Å². The standard InChI is InChI=1S/C16H15N3O/c1-2-15-18-14(17)10-16(19-15)20-13-9-5-7-11-6-3-4-8-12(11)13/h3-10H,2H2,1H3,(H2,17,18,19). The zero-order chi connectivity index (χ0) is 13.9. The van der Waals surface area contributed by atoms with Crippen LogP contribution in [0.2, 0.25) is 0 Å². The Kier molecular flexibility index (Phi) is 3.21. The molecule has 0 saturated carbocycles. The van der Waals surface area contributed by atoms with Crippen molar-refractivity contribution in [2.45, 2.75) is 13.3 Å². The first-order chi connectivity index (χ1) is 9.76. The van der Waals surface area contributed by atoms with Gasteiger partial charge in [-0.1, -0.05) is 43.3 Å². The quantitative estimate of drug-likeness (QED) is 0.786. The van der Waals surface area contributed by atoms with E-state index < -0.39 is 0 Å². The lowest BCUT2D eigenvalue weighted by Crippen LogP contribution is -2.00. The minimum atomic E-state index is 0.423. The number of rotatable bonds is 3. The van der Waals surface area contributed by atoms with Gasteiger partial charge in [0.15, 0.2) is 0 Å². The van der Waals surface area contributed by atoms with E-state index in [4.69, 9.17) is 10.5 Å². The first-order valence-corrected chi connectivity index (χ1v) is 6.55. The second kappa shape index (κ2) is 5.17. The van der Waals surface area contributed by atoms with Crippen molar-refractivity contribution in [3.05, 3.63) is 54.4 Å². The van der Waals surface area contributed by atoms with E-state index in [1.807, 2.05) is 49.4 Å². The van der Waals surface area contributed by atoms with Crippen molar-refractivity contribution >= 4 is 16.6 Å². The monoisotopic (exact) mass is 265 g/mol. The Morgan fingerprint density at radius 2 is 1.85 bits per heavy atom. The van der Waals surface area contributed by atoms with Gasteiger partial charge < -0.3 is 10.5 Å². The van der Waals surface area contributed by atoms with Crippen LogP contribution in [-0.4, -0.2) is 9.97 Å². The minimum Gasteiger partial charge on any atom is -0.438 e. The molecular weight excluding hydrogens is 250 g/mol. The molecule has 0 saturated heterocycles. The van der Waals surface area contributed by atoms with Gasteiger partial charge in [0.2, 0.25) is 5.88 Å². The number of nitrogens with two attached hydrogens (primary N) is 1. The van der Waals surface area contributed by atoms with Crippen LogP contribution in [0.3, 0.4) is 0 Å². The SMILES string of the molecule is CCc1nc(N)cc(Oc2cccc3ccccc23)n1. The van der Waals surface area contributed by atoms with Gasteiger partial charge in [0.05, 0.1) is 0 Å². The Labute approximate surface area is 117 Å². The number of aromatic nitrogens is 2. The summed E-state index contributed by atoms with van der Waals surface area (Å²) in [5, 5.41) is 2.17. The molecule has 0 fully saturated rings. The Balaban J connectivity index is 2.03. The largest absolute Gasteiger partial charge is 0.438 e. The molecule has 0 aliphatic heterocycles. The highest BCUT2D eigenvalue weighted by Crippen LogP contribution is 2.29. The van der Waals surface area contributed by atoms with Gasteiger partial charge in [0, 0.05) is 17.9 Å². The highest BCUT2D eigenvalue weighted by atomic mass is 16.5. The molecule has 0 bridgehead atoms. The highest BCUT2D eigenvalue weighted by Gasteiger charge is 2.06. The lowest BCUT2D eigenvalue weighted by atomic mass is 10.1. The maximum atomic E-state index is 5.88. The summed E-state index contributed by atoms with van der Waals surface area (Å²) in [4.78, 5) is 8.48. The number of nitrogens with zero attached hydrogens (tertiary/aromatic N) is 2. The summed E-state index contributed by atoms with van der Waals surface area (Å²) in [5.74, 6) is 2.35. The first-order valence-electron chi connectivity index (χ1n) is 6.55. The molecule has 0 spiro atoms. The molecule has 2 aromatic carbocycles. The smallest absolute Gasteiger partial charge is 0.224 e. The van der Waals surface area contributed by atoms with Crippen molar-refractivity contribution in [3.63, 3.8) is 0 Å². The summed E-state index contributed by atoms with van der Waals surface area (Å²) in [6.45, 7) is 1.98. The Bertz CT molecular complexity index is 750. The van der Waals surface area contributed by atoms with Crippen molar-refractivity contribution in [3.8, 4) is 11.6 Å². The number of hydrogen-bond donors (Lipinski definition) is 1. The van der Waals surface area contributed by atoms with Crippen molar-refractivity contribution < 1.29 is 4.74 Å². The number of hydrogen-bond acceptors (Lipinski definition) is 4.